The highest BCUT2D eigenvalue weighted by atomic mass is 16.5. The van der Waals surface area contributed by atoms with Gasteiger partial charge in [-0.1, -0.05) is 42.5 Å². The zero-order valence-corrected chi connectivity index (χ0v) is 12.7. The molecule has 0 spiro atoms. The second kappa shape index (κ2) is 10.7. The van der Waals surface area contributed by atoms with Crippen LogP contribution in [0.1, 0.15) is 25.3 Å². The van der Waals surface area contributed by atoms with Crippen molar-refractivity contribution in [3.63, 3.8) is 0 Å². The number of esters is 1. The van der Waals surface area contributed by atoms with Gasteiger partial charge in [0, 0.05) is 6.42 Å². The summed E-state index contributed by atoms with van der Waals surface area (Å²) in [5, 5.41) is 9.66. The number of hydrogen-bond donors (Lipinski definition) is 1. The molecule has 0 saturated heterocycles. The van der Waals surface area contributed by atoms with Crippen molar-refractivity contribution in [3.8, 4) is 0 Å². The number of carbonyl (C=O) groups excluding carboxylic acids is 2. The molecular weight excluding hydrogens is 284 g/mol. The van der Waals surface area contributed by atoms with Crippen molar-refractivity contribution in [2.75, 3.05) is 13.2 Å². The molecule has 1 rings (SSSR count). The summed E-state index contributed by atoms with van der Waals surface area (Å²) in [5.74, 6) is -0.907. The molecule has 5 nitrogen and oxygen atoms in total. The molecule has 0 heterocycles. The summed E-state index contributed by atoms with van der Waals surface area (Å²) in [6.07, 6.45) is 1.83. The number of ether oxygens (including phenoxy) is 2. The average molecular weight is 306 g/mol. The minimum atomic E-state index is -0.915. The van der Waals surface area contributed by atoms with Crippen molar-refractivity contribution in [3.05, 3.63) is 48.0 Å². The number of benzene rings is 1. The minimum absolute atomic E-state index is 0.103. The van der Waals surface area contributed by atoms with E-state index in [0.29, 0.717) is 13.2 Å². The summed E-state index contributed by atoms with van der Waals surface area (Å²) in [6, 6.07) is 9.74. The van der Waals surface area contributed by atoms with Crippen LogP contribution in [-0.2, 0) is 25.7 Å². The summed E-state index contributed by atoms with van der Waals surface area (Å²) in [7, 11) is 0. The molecule has 0 aliphatic carbocycles. The molecule has 0 bridgehead atoms. The zero-order chi connectivity index (χ0) is 16.2. The van der Waals surface area contributed by atoms with Crippen molar-refractivity contribution in [2.45, 2.75) is 32.5 Å². The molecule has 0 aromatic heterocycles. The van der Waals surface area contributed by atoms with Gasteiger partial charge in [-0.25, -0.2) is 0 Å². The fourth-order valence-electron chi connectivity index (χ4n) is 1.78. The van der Waals surface area contributed by atoms with Crippen molar-refractivity contribution < 1.29 is 24.2 Å². The van der Waals surface area contributed by atoms with Crippen LogP contribution in [0.3, 0.4) is 0 Å². The molecule has 22 heavy (non-hydrogen) atoms. The van der Waals surface area contributed by atoms with E-state index in [4.69, 9.17) is 4.74 Å². The van der Waals surface area contributed by atoms with Crippen molar-refractivity contribution >= 4 is 11.8 Å². The van der Waals surface area contributed by atoms with Gasteiger partial charge in [-0.2, -0.15) is 0 Å². The highest BCUT2D eigenvalue weighted by molar-refractivity contribution is 5.95. The fourth-order valence-corrected chi connectivity index (χ4v) is 1.78. The van der Waals surface area contributed by atoms with E-state index in [9.17, 15) is 14.7 Å². The van der Waals surface area contributed by atoms with Crippen LogP contribution in [0.5, 0.6) is 0 Å². The van der Waals surface area contributed by atoms with E-state index in [1.54, 1.807) is 13.0 Å². The summed E-state index contributed by atoms with van der Waals surface area (Å²) >= 11 is 0. The molecule has 1 N–H and O–H groups in total. The quantitative estimate of drug-likeness (QED) is 0.310. The fraction of sp³-hybridized carbons (Fsp3) is 0.412. The molecule has 0 unspecified atom stereocenters. The summed E-state index contributed by atoms with van der Waals surface area (Å²) in [5.41, 5.74) is 1.07. The number of rotatable bonds is 10. The van der Waals surface area contributed by atoms with Crippen LogP contribution in [-0.4, -0.2) is 36.2 Å². The Bertz CT molecular complexity index is 481. The first-order valence-electron chi connectivity index (χ1n) is 7.25. The highest BCUT2D eigenvalue weighted by Crippen LogP contribution is 2.02. The van der Waals surface area contributed by atoms with E-state index in [1.807, 2.05) is 30.3 Å². The second-order valence-corrected chi connectivity index (χ2v) is 4.72. The van der Waals surface area contributed by atoms with Crippen LogP contribution in [0.25, 0.3) is 0 Å². The second-order valence-electron chi connectivity index (χ2n) is 4.72. The number of aliphatic hydroxyl groups excluding tert-OH is 1. The lowest BCUT2D eigenvalue weighted by Crippen LogP contribution is -2.16. The van der Waals surface area contributed by atoms with E-state index in [1.165, 1.54) is 6.08 Å². The molecule has 0 fully saturated rings. The van der Waals surface area contributed by atoms with Crippen molar-refractivity contribution in [1.29, 1.82) is 0 Å². The maximum atomic E-state index is 11.5. The van der Waals surface area contributed by atoms with Crippen molar-refractivity contribution in [2.24, 2.45) is 0 Å². The van der Waals surface area contributed by atoms with Gasteiger partial charge in [-0.15, -0.1) is 0 Å². The number of ketones is 1. The van der Waals surface area contributed by atoms with Gasteiger partial charge in [-0.3, -0.25) is 9.59 Å². The first-order chi connectivity index (χ1) is 10.6. The third-order valence-corrected chi connectivity index (χ3v) is 2.77. The monoisotopic (exact) mass is 306 g/mol. The summed E-state index contributed by atoms with van der Waals surface area (Å²) < 4.78 is 10.1. The third kappa shape index (κ3) is 8.34. The lowest BCUT2D eigenvalue weighted by atomic mass is 10.1. The third-order valence-electron chi connectivity index (χ3n) is 2.77. The minimum Gasteiger partial charge on any atom is -0.466 e. The Morgan fingerprint density at radius 2 is 2.00 bits per heavy atom. The van der Waals surface area contributed by atoms with E-state index in [-0.39, 0.29) is 25.2 Å². The standard InChI is InChI=1S/C17H22O5/c1-2-22-17(20)12-16(19)11-15(18)9-6-10-21-13-14-7-4-3-5-8-14/h3-9,15,18H,2,10-13H2,1H3/b9-6+/t15-/m0/s1. The molecule has 0 aliphatic heterocycles. The van der Waals surface area contributed by atoms with E-state index >= 15 is 0 Å². The van der Waals surface area contributed by atoms with E-state index in [2.05, 4.69) is 4.74 Å². The molecule has 1 atom stereocenters. The van der Waals surface area contributed by atoms with Crippen LogP contribution in [0.4, 0.5) is 0 Å². The van der Waals surface area contributed by atoms with Crippen molar-refractivity contribution in [1.82, 2.24) is 0 Å². The number of aliphatic hydroxyl groups is 1. The molecule has 5 heteroatoms. The Morgan fingerprint density at radius 3 is 2.68 bits per heavy atom. The van der Waals surface area contributed by atoms with Crippen LogP contribution in [0, 0.1) is 0 Å². The van der Waals surface area contributed by atoms with Crippen LogP contribution in [0.15, 0.2) is 42.5 Å². The Kier molecular flexibility index (Phi) is 8.79. The topological polar surface area (TPSA) is 72.8 Å². The van der Waals surface area contributed by atoms with E-state index < -0.39 is 12.1 Å². The predicted octanol–water partition coefficient (Wildman–Crippen LogP) is 2.03. The Morgan fingerprint density at radius 1 is 1.27 bits per heavy atom. The van der Waals surface area contributed by atoms with Gasteiger partial charge >= 0.3 is 5.97 Å². The smallest absolute Gasteiger partial charge is 0.313 e. The maximum absolute atomic E-state index is 11.5. The number of hydrogen-bond acceptors (Lipinski definition) is 5. The predicted molar refractivity (Wildman–Crippen MR) is 82.1 cm³/mol. The SMILES string of the molecule is CCOC(=O)CC(=O)C[C@@H](O)/C=C/COCc1ccccc1. The first kappa shape index (κ1) is 18.1. The highest BCUT2D eigenvalue weighted by Gasteiger charge is 2.13. The Hall–Kier alpha value is -1.98. The lowest BCUT2D eigenvalue weighted by Gasteiger charge is -2.05. The van der Waals surface area contributed by atoms with Crippen LogP contribution in [0.2, 0.25) is 0 Å². The summed E-state index contributed by atoms with van der Waals surface area (Å²) in [6.45, 7) is 2.75. The van der Waals surface area contributed by atoms with Gasteiger partial charge in [0.1, 0.15) is 12.2 Å². The molecule has 1 aromatic carbocycles. The van der Waals surface area contributed by atoms with Crippen LogP contribution >= 0.6 is 0 Å². The Balaban J connectivity index is 2.17. The van der Waals surface area contributed by atoms with Gasteiger partial charge < -0.3 is 14.6 Å². The normalized spacial score (nSPS) is 12.3. The molecule has 1 aromatic rings. The largest absolute Gasteiger partial charge is 0.466 e. The van der Waals surface area contributed by atoms with E-state index in [0.717, 1.165) is 5.56 Å². The number of carbonyl (C=O) groups is 2. The van der Waals surface area contributed by atoms with Crippen LogP contribution < -0.4 is 0 Å². The molecule has 0 radical (unpaired) electrons. The molecular formula is C17H22O5. The lowest BCUT2D eigenvalue weighted by molar-refractivity contribution is -0.145. The molecule has 0 amide bonds. The van der Waals surface area contributed by atoms with Gasteiger partial charge in [0.25, 0.3) is 0 Å². The van der Waals surface area contributed by atoms with Gasteiger partial charge in [0.15, 0.2) is 0 Å². The first-order valence-corrected chi connectivity index (χ1v) is 7.25. The molecule has 0 saturated carbocycles. The zero-order valence-electron chi connectivity index (χ0n) is 12.7. The molecule has 120 valence electrons. The number of Topliss-reactive ketones (excluding diaryl/α,β-unsaturated/α-hetero) is 1. The van der Waals surface area contributed by atoms with Gasteiger partial charge in [-0.05, 0) is 12.5 Å². The maximum Gasteiger partial charge on any atom is 0.313 e. The summed E-state index contributed by atoms with van der Waals surface area (Å²) in [4.78, 5) is 22.6. The molecule has 0 aliphatic rings. The Labute approximate surface area is 130 Å². The average Bonchev–Trinajstić information content (AvgIpc) is 2.48. The van der Waals surface area contributed by atoms with Gasteiger partial charge in [0.2, 0.25) is 0 Å². The van der Waals surface area contributed by atoms with Gasteiger partial charge in [0.05, 0.1) is 25.9 Å².